The SMILES string of the molecule is C[C@H]1C[C@H](OS(C)(=O)=O)[C@H](OS(C)(=O)=O)CO1. The van der Waals surface area contributed by atoms with Crippen LogP contribution in [0.4, 0.5) is 0 Å². The highest BCUT2D eigenvalue weighted by Crippen LogP contribution is 2.22. The fraction of sp³-hybridized carbons (Fsp3) is 1.00. The van der Waals surface area contributed by atoms with Crippen LogP contribution in [0.5, 0.6) is 0 Å². The van der Waals surface area contributed by atoms with Crippen molar-refractivity contribution in [3.05, 3.63) is 0 Å². The first-order valence-electron chi connectivity index (χ1n) is 4.95. The molecule has 0 spiro atoms. The van der Waals surface area contributed by atoms with Gasteiger partial charge in [0.15, 0.2) is 0 Å². The number of rotatable bonds is 4. The molecule has 1 saturated heterocycles. The molecular formula is C8H16O7S2. The lowest BCUT2D eigenvalue weighted by atomic mass is 10.1. The summed E-state index contributed by atoms with van der Waals surface area (Å²) in [5.74, 6) is 0. The molecule has 0 amide bonds. The summed E-state index contributed by atoms with van der Waals surface area (Å²) in [5, 5.41) is 0. The quantitative estimate of drug-likeness (QED) is 0.642. The highest BCUT2D eigenvalue weighted by atomic mass is 32.2. The van der Waals surface area contributed by atoms with Crippen LogP contribution in [0.2, 0.25) is 0 Å². The highest BCUT2D eigenvalue weighted by molar-refractivity contribution is 7.86. The van der Waals surface area contributed by atoms with Crippen LogP contribution in [0, 0.1) is 0 Å². The zero-order valence-electron chi connectivity index (χ0n) is 9.82. The summed E-state index contributed by atoms with van der Waals surface area (Å²) in [6.07, 6.45) is 0.0704. The second kappa shape index (κ2) is 5.19. The molecule has 1 rings (SSSR count). The van der Waals surface area contributed by atoms with Gasteiger partial charge < -0.3 is 4.74 Å². The van der Waals surface area contributed by atoms with Crippen LogP contribution in [-0.4, -0.2) is 54.3 Å². The third kappa shape index (κ3) is 5.77. The van der Waals surface area contributed by atoms with Crippen molar-refractivity contribution in [3.63, 3.8) is 0 Å². The van der Waals surface area contributed by atoms with Gasteiger partial charge in [0, 0.05) is 6.42 Å². The molecule has 0 aromatic rings. The van der Waals surface area contributed by atoms with Gasteiger partial charge in [-0.3, -0.25) is 8.37 Å². The van der Waals surface area contributed by atoms with Crippen LogP contribution in [0.15, 0.2) is 0 Å². The van der Waals surface area contributed by atoms with E-state index < -0.39 is 32.4 Å². The normalized spacial score (nSPS) is 31.4. The molecule has 3 atom stereocenters. The molecule has 0 radical (unpaired) electrons. The molecule has 0 aromatic heterocycles. The Kier molecular flexibility index (Phi) is 4.53. The van der Waals surface area contributed by atoms with Gasteiger partial charge in [-0.1, -0.05) is 0 Å². The highest BCUT2D eigenvalue weighted by Gasteiger charge is 2.35. The van der Waals surface area contributed by atoms with Gasteiger partial charge in [0.1, 0.15) is 12.2 Å². The zero-order valence-corrected chi connectivity index (χ0v) is 11.5. The minimum absolute atomic E-state index is 0.0194. The number of hydrogen-bond donors (Lipinski definition) is 0. The Bertz CT molecular complexity index is 452. The lowest BCUT2D eigenvalue weighted by Gasteiger charge is -2.32. The fourth-order valence-electron chi connectivity index (χ4n) is 1.55. The molecule has 102 valence electrons. The largest absolute Gasteiger partial charge is 0.376 e. The second-order valence-corrected chi connectivity index (χ2v) is 7.26. The van der Waals surface area contributed by atoms with Crippen molar-refractivity contribution in [2.75, 3.05) is 19.1 Å². The molecule has 1 aliphatic rings. The zero-order chi connectivity index (χ0) is 13.3. The first-order chi connectivity index (χ1) is 7.57. The molecule has 0 saturated carbocycles. The van der Waals surface area contributed by atoms with E-state index in [0.29, 0.717) is 0 Å². The van der Waals surface area contributed by atoms with Gasteiger partial charge in [0.25, 0.3) is 20.2 Å². The predicted octanol–water partition coefficient (Wildman–Crippen LogP) is -0.515. The maximum atomic E-state index is 11.0. The van der Waals surface area contributed by atoms with E-state index >= 15 is 0 Å². The van der Waals surface area contributed by atoms with Crippen molar-refractivity contribution in [2.24, 2.45) is 0 Å². The molecule has 0 aliphatic carbocycles. The summed E-state index contributed by atoms with van der Waals surface area (Å²) in [6.45, 7) is 1.73. The Morgan fingerprint density at radius 3 is 1.94 bits per heavy atom. The average molecular weight is 288 g/mol. The Morgan fingerprint density at radius 2 is 1.47 bits per heavy atom. The van der Waals surface area contributed by atoms with Gasteiger partial charge in [-0.05, 0) is 6.92 Å². The Labute approximate surface area is 101 Å². The monoisotopic (exact) mass is 288 g/mol. The standard InChI is InChI=1S/C8H16O7S2/c1-6-4-7(14-16(2,9)10)8(5-13-6)15-17(3,11)12/h6-8H,4-5H2,1-3H3/t6-,7-,8+/m0/s1. The van der Waals surface area contributed by atoms with Crippen LogP contribution in [-0.2, 0) is 33.3 Å². The maximum Gasteiger partial charge on any atom is 0.264 e. The van der Waals surface area contributed by atoms with Crippen LogP contribution in [0.3, 0.4) is 0 Å². The maximum absolute atomic E-state index is 11.0. The van der Waals surface area contributed by atoms with Gasteiger partial charge >= 0.3 is 0 Å². The lowest BCUT2D eigenvalue weighted by molar-refractivity contribution is -0.0920. The van der Waals surface area contributed by atoms with E-state index in [0.717, 1.165) is 12.5 Å². The Balaban J connectivity index is 2.78. The molecule has 0 N–H and O–H groups in total. The van der Waals surface area contributed by atoms with Crippen molar-refractivity contribution in [1.82, 2.24) is 0 Å². The molecule has 9 heteroatoms. The molecule has 7 nitrogen and oxygen atoms in total. The summed E-state index contributed by atoms with van der Waals surface area (Å²) in [4.78, 5) is 0. The van der Waals surface area contributed by atoms with Crippen molar-refractivity contribution >= 4 is 20.2 Å². The van der Waals surface area contributed by atoms with Crippen molar-refractivity contribution < 1.29 is 29.9 Å². The lowest BCUT2D eigenvalue weighted by Crippen LogP contribution is -2.45. The van der Waals surface area contributed by atoms with E-state index in [-0.39, 0.29) is 19.1 Å². The summed E-state index contributed by atoms with van der Waals surface area (Å²) in [5.41, 5.74) is 0. The van der Waals surface area contributed by atoms with E-state index in [1.807, 2.05) is 0 Å². The van der Waals surface area contributed by atoms with Crippen molar-refractivity contribution in [1.29, 1.82) is 0 Å². The molecule has 1 heterocycles. The Morgan fingerprint density at radius 1 is 1.00 bits per heavy atom. The molecule has 1 aliphatic heterocycles. The molecule has 0 unspecified atom stereocenters. The van der Waals surface area contributed by atoms with E-state index in [9.17, 15) is 16.8 Å². The third-order valence-electron chi connectivity index (χ3n) is 2.12. The number of ether oxygens (including phenoxy) is 1. The molecule has 0 bridgehead atoms. The van der Waals surface area contributed by atoms with Gasteiger partial charge in [-0.15, -0.1) is 0 Å². The molecule has 1 fully saturated rings. The molecule has 0 aromatic carbocycles. The van der Waals surface area contributed by atoms with Crippen LogP contribution in [0.25, 0.3) is 0 Å². The fourth-order valence-corrected chi connectivity index (χ4v) is 2.83. The number of hydrogen-bond acceptors (Lipinski definition) is 7. The van der Waals surface area contributed by atoms with E-state index in [1.54, 1.807) is 6.92 Å². The van der Waals surface area contributed by atoms with Gasteiger partial charge in [-0.2, -0.15) is 16.8 Å². The van der Waals surface area contributed by atoms with Crippen LogP contribution >= 0.6 is 0 Å². The Hall–Kier alpha value is -0.220. The van der Waals surface area contributed by atoms with E-state index in [1.165, 1.54) is 0 Å². The van der Waals surface area contributed by atoms with Crippen LogP contribution in [0.1, 0.15) is 13.3 Å². The van der Waals surface area contributed by atoms with Crippen molar-refractivity contribution in [3.8, 4) is 0 Å². The second-order valence-electron chi connectivity index (χ2n) is 4.06. The van der Waals surface area contributed by atoms with Gasteiger partial charge in [0.05, 0.1) is 25.2 Å². The smallest absolute Gasteiger partial charge is 0.264 e. The molecule has 17 heavy (non-hydrogen) atoms. The van der Waals surface area contributed by atoms with E-state index in [4.69, 9.17) is 13.1 Å². The summed E-state index contributed by atoms with van der Waals surface area (Å²) >= 11 is 0. The van der Waals surface area contributed by atoms with Gasteiger partial charge in [-0.25, -0.2) is 0 Å². The first-order valence-corrected chi connectivity index (χ1v) is 8.58. The predicted molar refractivity (Wildman–Crippen MR) is 59.5 cm³/mol. The third-order valence-corrected chi connectivity index (χ3v) is 3.31. The van der Waals surface area contributed by atoms with Gasteiger partial charge in [0.2, 0.25) is 0 Å². The minimum atomic E-state index is -3.68. The molecular weight excluding hydrogens is 272 g/mol. The summed E-state index contributed by atoms with van der Waals surface area (Å²) in [6, 6.07) is 0. The topological polar surface area (TPSA) is 96.0 Å². The summed E-state index contributed by atoms with van der Waals surface area (Å²) in [7, 11) is -7.35. The van der Waals surface area contributed by atoms with Crippen LogP contribution < -0.4 is 0 Å². The van der Waals surface area contributed by atoms with E-state index in [2.05, 4.69) is 0 Å². The van der Waals surface area contributed by atoms with Crippen molar-refractivity contribution in [2.45, 2.75) is 31.7 Å². The summed E-state index contributed by atoms with van der Waals surface area (Å²) < 4.78 is 58.9. The first kappa shape index (κ1) is 14.8. The average Bonchev–Trinajstić information content (AvgIpc) is 2.05. The minimum Gasteiger partial charge on any atom is -0.376 e.